The molecule has 33 heavy (non-hydrogen) atoms. The Kier molecular flexibility index (Phi) is 6.25. The largest absolute Gasteiger partial charge is 0.439 e. The van der Waals surface area contributed by atoms with Crippen molar-refractivity contribution in [2.45, 2.75) is 18.4 Å². The summed E-state index contributed by atoms with van der Waals surface area (Å²) in [4.78, 5) is 8.67. The van der Waals surface area contributed by atoms with E-state index in [1.807, 2.05) is 31.2 Å². The molecule has 0 amide bonds. The summed E-state index contributed by atoms with van der Waals surface area (Å²) in [6.45, 7) is 1.85. The molecule has 0 aliphatic carbocycles. The Morgan fingerprint density at radius 1 is 0.970 bits per heavy atom. The van der Waals surface area contributed by atoms with E-state index in [0.717, 1.165) is 16.7 Å². The average Bonchev–Trinajstić information content (AvgIpc) is 2.79. The number of anilines is 2. The van der Waals surface area contributed by atoms with Crippen LogP contribution in [0.5, 0.6) is 11.6 Å². The minimum absolute atomic E-state index is 0.00513. The fourth-order valence-electron chi connectivity index (χ4n) is 3.17. The van der Waals surface area contributed by atoms with E-state index in [4.69, 9.17) is 10.5 Å². The molecule has 4 aromatic rings. The van der Waals surface area contributed by atoms with Crippen molar-refractivity contribution in [3.8, 4) is 22.9 Å². The zero-order chi connectivity index (χ0) is 23.4. The molecular formula is C24H22N4O4S. The zero-order valence-corrected chi connectivity index (χ0v) is 18.6. The summed E-state index contributed by atoms with van der Waals surface area (Å²) in [7, 11) is -3.98. The van der Waals surface area contributed by atoms with Gasteiger partial charge in [-0.1, -0.05) is 42.5 Å². The molecule has 0 aliphatic rings. The third kappa shape index (κ3) is 5.28. The molecule has 0 fully saturated rings. The molecule has 0 bridgehead atoms. The third-order valence-electron chi connectivity index (χ3n) is 4.85. The zero-order valence-electron chi connectivity index (χ0n) is 17.8. The molecule has 3 aromatic carbocycles. The first-order valence-corrected chi connectivity index (χ1v) is 11.5. The average molecular weight is 463 g/mol. The molecule has 0 spiro atoms. The molecule has 9 heteroatoms. The number of nitrogens with zero attached hydrogens (tertiary/aromatic N) is 2. The van der Waals surface area contributed by atoms with E-state index >= 15 is 0 Å². The van der Waals surface area contributed by atoms with Gasteiger partial charge >= 0.3 is 0 Å². The number of benzene rings is 3. The SMILES string of the molecule is Cc1ccccc1-c1cc(Oc2ccc(CO)cc2)nc(NS(=O)(=O)c2cccc(N)c2)n1. The van der Waals surface area contributed by atoms with Crippen LogP contribution in [0.15, 0.2) is 83.8 Å². The Hall–Kier alpha value is -3.95. The van der Waals surface area contributed by atoms with Gasteiger partial charge in [0.2, 0.25) is 11.8 Å². The summed E-state index contributed by atoms with van der Waals surface area (Å²) in [5.41, 5.74) is 9.06. The van der Waals surface area contributed by atoms with E-state index in [2.05, 4.69) is 14.7 Å². The third-order valence-corrected chi connectivity index (χ3v) is 6.17. The van der Waals surface area contributed by atoms with Crippen molar-refractivity contribution in [2.75, 3.05) is 10.5 Å². The second-order valence-electron chi connectivity index (χ2n) is 7.31. The molecule has 0 saturated carbocycles. The van der Waals surface area contributed by atoms with Gasteiger partial charge in [-0.25, -0.2) is 18.1 Å². The number of nitrogen functional groups attached to an aromatic ring is 1. The van der Waals surface area contributed by atoms with Crippen LogP contribution in [0.3, 0.4) is 0 Å². The molecule has 0 unspecified atom stereocenters. The highest BCUT2D eigenvalue weighted by Gasteiger charge is 2.18. The van der Waals surface area contributed by atoms with Crippen LogP contribution in [0, 0.1) is 6.92 Å². The fraction of sp³-hybridized carbons (Fsp3) is 0.0833. The lowest BCUT2D eigenvalue weighted by atomic mass is 10.1. The predicted octanol–water partition coefficient (Wildman–Crippen LogP) is 4.12. The van der Waals surface area contributed by atoms with Gasteiger partial charge in [0.1, 0.15) is 5.75 Å². The van der Waals surface area contributed by atoms with Crippen molar-refractivity contribution in [3.63, 3.8) is 0 Å². The Morgan fingerprint density at radius 2 is 1.73 bits per heavy atom. The summed E-state index contributed by atoms with van der Waals surface area (Å²) in [6, 6.07) is 22.0. The Balaban J connectivity index is 1.74. The van der Waals surface area contributed by atoms with E-state index in [9.17, 15) is 13.5 Å². The van der Waals surface area contributed by atoms with Gasteiger partial charge in [0.05, 0.1) is 17.2 Å². The van der Waals surface area contributed by atoms with E-state index in [1.165, 1.54) is 12.1 Å². The van der Waals surface area contributed by atoms with Crippen molar-refractivity contribution in [1.82, 2.24) is 9.97 Å². The molecule has 4 rings (SSSR count). The van der Waals surface area contributed by atoms with Crippen molar-refractivity contribution in [2.24, 2.45) is 0 Å². The van der Waals surface area contributed by atoms with Crippen molar-refractivity contribution in [1.29, 1.82) is 0 Å². The molecule has 1 heterocycles. The summed E-state index contributed by atoms with van der Waals surface area (Å²) < 4.78 is 34.1. The van der Waals surface area contributed by atoms with Gasteiger partial charge in [0.15, 0.2) is 0 Å². The lowest BCUT2D eigenvalue weighted by molar-refractivity contribution is 0.281. The van der Waals surface area contributed by atoms with Crippen LogP contribution in [0.25, 0.3) is 11.3 Å². The van der Waals surface area contributed by atoms with Gasteiger partial charge in [-0.15, -0.1) is 0 Å². The Labute approximate surface area is 191 Å². The highest BCUT2D eigenvalue weighted by atomic mass is 32.2. The number of nitrogens with two attached hydrogens (primary N) is 1. The predicted molar refractivity (Wildman–Crippen MR) is 126 cm³/mol. The monoisotopic (exact) mass is 462 g/mol. The normalized spacial score (nSPS) is 11.2. The minimum Gasteiger partial charge on any atom is -0.439 e. The highest BCUT2D eigenvalue weighted by Crippen LogP contribution is 2.29. The van der Waals surface area contributed by atoms with Gasteiger partial charge in [0, 0.05) is 17.3 Å². The summed E-state index contributed by atoms with van der Waals surface area (Å²) in [5, 5.41) is 9.23. The van der Waals surface area contributed by atoms with Crippen LogP contribution in [-0.4, -0.2) is 23.5 Å². The van der Waals surface area contributed by atoms with Crippen LogP contribution in [0.1, 0.15) is 11.1 Å². The number of ether oxygens (including phenoxy) is 1. The molecule has 0 atom stereocenters. The minimum atomic E-state index is -3.98. The number of aromatic nitrogens is 2. The van der Waals surface area contributed by atoms with Gasteiger partial charge in [0.25, 0.3) is 10.0 Å². The Bertz CT molecular complexity index is 1390. The van der Waals surface area contributed by atoms with Gasteiger partial charge in [-0.2, -0.15) is 4.98 Å². The number of aliphatic hydroxyl groups is 1. The van der Waals surface area contributed by atoms with Gasteiger partial charge in [-0.3, -0.25) is 0 Å². The summed E-state index contributed by atoms with van der Waals surface area (Å²) in [6.07, 6.45) is 0. The Morgan fingerprint density at radius 3 is 2.42 bits per heavy atom. The number of aryl methyl sites for hydroxylation is 1. The molecule has 0 radical (unpaired) electrons. The first kappa shape index (κ1) is 22.3. The van der Waals surface area contributed by atoms with E-state index in [1.54, 1.807) is 42.5 Å². The second kappa shape index (κ2) is 9.27. The smallest absolute Gasteiger partial charge is 0.264 e. The first-order valence-electron chi connectivity index (χ1n) is 10.1. The first-order chi connectivity index (χ1) is 15.8. The topological polar surface area (TPSA) is 127 Å². The van der Waals surface area contributed by atoms with Crippen molar-refractivity contribution in [3.05, 3.63) is 90.0 Å². The maximum absolute atomic E-state index is 12.9. The maximum Gasteiger partial charge on any atom is 0.264 e. The van der Waals surface area contributed by atoms with E-state index in [0.29, 0.717) is 17.1 Å². The van der Waals surface area contributed by atoms with E-state index < -0.39 is 10.0 Å². The maximum atomic E-state index is 12.9. The van der Waals surface area contributed by atoms with Crippen LogP contribution in [0.2, 0.25) is 0 Å². The fourth-order valence-corrected chi connectivity index (χ4v) is 4.16. The molecule has 0 aliphatic heterocycles. The number of aliphatic hydroxyl groups excluding tert-OH is 1. The number of nitrogens with one attached hydrogen (secondary N) is 1. The summed E-state index contributed by atoms with van der Waals surface area (Å²) in [5.74, 6) is 0.497. The van der Waals surface area contributed by atoms with Crippen LogP contribution >= 0.6 is 0 Å². The number of sulfonamides is 1. The lowest BCUT2D eigenvalue weighted by Crippen LogP contribution is -2.15. The quantitative estimate of drug-likeness (QED) is 0.353. The molecule has 8 nitrogen and oxygen atoms in total. The van der Waals surface area contributed by atoms with Crippen LogP contribution < -0.4 is 15.2 Å². The van der Waals surface area contributed by atoms with Gasteiger partial charge < -0.3 is 15.6 Å². The van der Waals surface area contributed by atoms with Crippen molar-refractivity contribution < 1.29 is 18.3 Å². The number of rotatable bonds is 7. The van der Waals surface area contributed by atoms with E-state index in [-0.39, 0.29) is 23.3 Å². The lowest BCUT2D eigenvalue weighted by Gasteiger charge is -2.13. The van der Waals surface area contributed by atoms with Crippen LogP contribution in [-0.2, 0) is 16.6 Å². The standard InChI is InChI=1S/C24H22N4O4S/c1-16-5-2-3-8-21(16)22-14-23(32-19-11-9-17(15-29)10-12-19)27-24(26-22)28-33(30,31)20-7-4-6-18(25)13-20/h2-14,29H,15,25H2,1H3,(H,26,27,28). The van der Waals surface area contributed by atoms with Crippen LogP contribution in [0.4, 0.5) is 11.6 Å². The molecule has 0 saturated heterocycles. The molecule has 4 N–H and O–H groups in total. The molecule has 168 valence electrons. The number of hydrogen-bond donors (Lipinski definition) is 3. The summed E-state index contributed by atoms with van der Waals surface area (Å²) >= 11 is 0. The second-order valence-corrected chi connectivity index (χ2v) is 8.99. The number of hydrogen-bond acceptors (Lipinski definition) is 7. The van der Waals surface area contributed by atoms with Crippen molar-refractivity contribution >= 4 is 21.7 Å². The highest BCUT2D eigenvalue weighted by molar-refractivity contribution is 7.92. The molecule has 1 aromatic heterocycles. The molecular weight excluding hydrogens is 440 g/mol. The van der Waals surface area contributed by atoms with Gasteiger partial charge in [-0.05, 0) is 48.4 Å².